The van der Waals surface area contributed by atoms with Crippen LogP contribution < -0.4 is 15.8 Å². The highest BCUT2D eigenvalue weighted by molar-refractivity contribution is 5.94. The van der Waals surface area contributed by atoms with Gasteiger partial charge in [-0.1, -0.05) is 0 Å². The Bertz CT molecular complexity index is 1080. The maximum atomic E-state index is 14.2. The van der Waals surface area contributed by atoms with E-state index in [4.69, 9.17) is 10.5 Å². The zero-order chi connectivity index (χ0) is 20.1. The second-order valence-electron chi connectivity index (χ2n) is 7.23. The molecule has 0 fully saturated rings. The third-order valence-electron chi connectivity index (χ3n) is 4.93. The van der Waals surface area contributed by atoms with Gasteiger partial charge in [-0.3, -0.25) is 0 Å². The monoisotopic (exact) mass is 385 g/mol. The fraction of sp³-hybridized carbons (Fsp3) is 0.316. The van der Waals surface area contributed by atoms with Crippen molar-refractivity contribution in [1.29, 1.82) is 0 Å². The molecule has 1 aliphatic rings. The van der Waals surface area contributed by atoms with E-state index in [9.17, 15) is 14.3 Å². The van der Waals surface area contributed by atoms with Gasteiger partial charge in [0.1, 0.15) is 28.5 Å². The summed E-state index contributed by atoms with van der Waals surface area (Å²) in [6.45, 7) is 4.08. The second kappa shape index (κ2) is 6.45. The molecule has 0 bridgehead atoms. The van der Waals surface area contributed by atoms with E-state index >= 15 is 0 Å². The number of aromatic nitrogens is 3. The zero-order valence-corrected chi connectivity index (χ0v) is 15.4. The van der Waals surface area contributed by atoms with Gasteiger partial charge >= 0.3 is 5.97 Å². The van der Waals surface area contributed by atoms with Crippen LogP contribution in [0, 0.1) is 5.82 Å². The van der Waals surface area contributed by atoms with Crippen molar-refractivity contribution >= 4 is 17.4 Å². The molecule has 2 atom stereocenters. The molecule has 28 heavy (non-hydrogen) atoms. The summed E-state index contributed by atoms with van der Waals surface area (Å²) < 4.78 is 21.6. The van der Waals surface area contributed by atoms with E-state index in [-0.39, 0.29) is 23.1 Å². The lowest BCUT2D eigenvalue weighted by atomic mass is 9.97. The lowest BCUT2D eigenvalue weighted by Crippen LogP contribution is -2.39. The summed E-state index contributed by atoms with van der Waals surface area (Å²) in [6.07, 6.45) is 3.40. The van der Waals surface area contributed by atoms with Gasteiger partial charge in [-0.2, -0.15) is 5.10 Å². The molecule has 0 amide bonds. The number of nitrogens with zero attached hydrogens (tertiary/aromatic N) is 3. The van der Waals surface area contributed by atoms with Crippen molar-refractivity contribution in [3.63, 3.8) is 0 Å². The lowest BCUT2D eigenvalue weighted by Gasteiger charge is -2.23. The first kappa shape index (κ1) is 18.2. The predicted molar refractivity (Wildman–Crippen MR) is 100 cm³/mol. The number of ether oxygens (including phenoxy) is 1. The van der Waals surface area contributed by atoms with Gasteiger partial charge in [-0.05, 0) is 32.0 Å². The molecule has 3 heterocycles. The van der Waals surface area contributed by atoms with Gasteiger partial charge in [0.25, 0.3) is 0 Å². The van der Waals surface area contributed by atoms with E-state index in [0.29, 0.717) is 30.1 Å². The molecule has 1 aliphatic heterocycles. The molecule has 8 nitrogen and oxygen atoms in total. The van der Waals surface area contributed by atoms with Gasteiger partial charge in [0, 0.05) is 30.3 Å². The fourth-order valence-electron chi connectivity index (χ4n) is 3.45. The van der Waals surface area contributed by atoms with Crippen LogP contribution in [0.15, 0.2) is 30.6 Å². The number of nitrogens with two attached hydrogens (primary N) is 1. The van der Waals surface area contributed by atoms with Crippen LogP contribution in [0.2, 0.25) is 0 Å². The Morgan fingerprint density at radius 2 is 2.32 bits per heavy atom. The number of nitrogens with one attached hydrogen (secondary N) is 1. The first-order valence-electron chi connectivity index (χ1n) is 8.85. The lowest BCUT2D eigenvalue weighted by molar-refractivity contribution is 0.0698. The first-order valence-corrected chi connectivity index (χ1v) is 8.85. The average molecular weight is 385 g/mol. The van der Waals surface area contributed by atoms with Gasteiger partial charge < -0.3 is 20.9 Å². The largest absolute Gasteiger partial charge is 0.485 e. The van der Waals surface area contributed by atoms with E-state index in [1.807, 2.05) is 13.8 Å². The van der Waals surface area contributed by atoms with Crippen LogP contribution in [0.3, 0.4) is 0 Å². The van der Waals surface area contributed by atoms with Crippen molar-refractivity contribution < 1.29 is 19.0 Å². The standard InChI is InChI=1S/C19H20FN5O3/c1-10(13-6-12(20)5-11-7-19(2,9-21)28-16(11)13)23-15-3-4-25-17(24-15)14(8-22-25)18(26)27/h3-6,8,10H,7,9,21H2,1-2H3,(H,23,24)(H,26,27). The Labute approximate surface area is 160 Å². The number of fused-ring (bicyclic) bond motifs is 2. The van der Waals surface area contributed by atoms with Crippen LogP contribution in [0.1, 0.15) is 41.4 Å². The zero-order valence-electron chi connectivity index (χ0n) is 15.4. The number of benzene rings is 1. The SMILES string of the molecule is CC(Nc1ccn2ncc(C(=O)O)c2n1)c1cc(F)cc2c1OC(C)(CN)C2. The smallest absolute Gasteiger partial charge is 0.341 e. The molecular formula is C19H20FN5O3. The summed E-state index contributed by atoms with van der Waals surface area (Å²) >= 11 is 0. The minimum absolute atomic E-state index is 0.00463. The molecule has 0 saturated carbocycles. The highest BCUT2D eigenvalue weighted by atomic mass is 19.1. The van der Waals surface area contributed by atoms with Crippen LogP contribution in [0.25, 0.3) is 5.65 Å². The topological polar surface area (TPSA) is 115 Å². The maximum absolute atomic E-state index is 14.2. The summed E-state index contributed by atoms with van der Waals surface area (Å²) in [5.41, 5.74) is 6.92. The number of anilines is 1. The average Bonchev–Trinajstić information content (AvgIpc) is 3.21. The van der Waals surface area contributed by atoms with Crippen LogP contribution >= 0.6 is 0 Å². The summed E-state index contributed by atoms with van der Waals surface area (Å²) in [4.78, 5) is 15.6. The highest BCUT2D eigenvalue weighted by Crippen LogP contribution is 2.41. The molecule has 3 aromatic rings. The van der Waals surface area contributed by atoms with Crippen molar-refractivity contribution in [2.75, 3.05) is 11.9 Å². The third kappa shape index (κ3) is 3.03. The van der Waals surface area contributed by atoms with Crippen molar-refractivity contribution in [3.05, 3.63) is 53.1 Å². The molecule has 0 spiro atoms. The van der Waals surface area contributed by atoms with Crippen molar-refractivity contribution in [2.24, 2.45) is 5.73 Å². The quantitative estimate of drug-likeness (QED) is 0.618. The summed E-state index contributed by atoms with van der Waals surface area (Å²) in [5, 5.41) is 16.4. The number of carboxylic acid groups (broad SMARTS) is 1. The number of halogens is 1. The van der Waals surface area contributed by atoms with Crippen molar-refractivity contribution in [1.82, 2.24) is 14.6 Å². The Morgan fingerprint density at radius 3 is 3.04 bits per heavy atom. The van der Waals surface area contributed by atoms with Gasteiger partial charge in [-0.25, -0.2) is 18.7 Å². The van der Waals surface area contributed by atoms with Crippen LogP contribution in [-0.4, -0.2) is 37.8 Å². The van der Waals surface area contributed by atoms with Gasteiger partial charge in [0.2, 0.25) is 0 Å². The van der Waals surface area contributed by atoms with Crippen LogP contribution in [0.5, 0.6) is 5.75 Å². The van der Waals surface area contributed by atoms with Gasteiger partial charge in [0.15, 0.2) is 5.65 Å². The van der Waals surface area contributed by atoms with Crippen molar-refractivity contribution in [3.8, 4) is 5.75 Å². The summed E-state index contributed by atoms with van der Waals surface area (Å²) in [6, 6.07) is 4.24. The first-order chi connectivity index (χ1) is 13.3. The number of aromatic carboxylic acids is 1. The van der Waals surface area contributed by atoms with Gasteiger partial charge in [0.05, 0.1) is 12.2 Å². The summed E-state index contributed by atoms with van der Waals surface area (Å²) in [5.74, 6) is -0.378. The molecule has 0 aliphatic carbocycles. The minimum atomic E-state index is -1.11. The van der Waals surface area contributed by atoms with E-state index in [1.54, 1.807) is 12.3 Å². The molecule has 2 unspecified atom stereocenters. The predicted octanol–water partition coefficient (Wildman–Crippen LogP) is 2.39. The molecule has 146 valence electrons. The van der Waals surface area contributed by atoms with Gasteiger partial charge in [-0.15, -0.1) is 0 Å². The number of rotatable bonds is 5. The molecule has 0 radical (unpaired) electrons. The maximum Gasteiger partial charge on any atom is 0.341 e. The Kier molecular flexibility index (Phi) is 4.19. The summed E-state index contributed by atoms with van der Waals surface area (Å²) in [7, 11) is 0. The van der Waals surface area contributed by atoms with E-state index < -0.39 is 11.6 Å². The Balaban J connectivity index is 1.67. The molecule has 2 aromatic heterocycles. The van der Waals surface area contributed by atoms with Crippen molar-refractivity contribution in [2.45, 2.75) is 31.9 Å². The number of carboxylic acids is 1. The van der Waals surface area contributed by atoms with E-state index in [2.05, 4.69) is 15.4 Å². The number of hydrogen-bond acceptors (Lipinski definition) is 6. The molecule has 4 rings (SSSR count). The molecule has 0 saturated heterocycles. The number of carbonyl (C=O) groups is 1. The Morgan fingerprint density at radius 1 is 1.54 bits per heavy atom. The second-order valence-corrected chi connectivity index (χ2v) is 7.23. The fourth-order valence-corrected chi connectivity index (χ4v) is 3.45. The highest BCUT2D eigenvalue weighted by Gasteiger charge is 2.36. The number of hydrogen-bond donors (Lipinski definition) is 3. The normalized spacial score (nSPS) is 19.3. The molecule has 4 N–H and O–H groups in total. The molecule has 9 heteroatoms. The minimum Gasteiger partial charge on any atom is -0.485 e. The Hall–Kier alpha value is -3.20. The molecule has 1 aromatic carbocycles. The molecular weight excluding hydrogens is 365 g/mol. The van der Waals surface area contributed by atoms with Crippen LogP contribution in [-0.2, 0) is 6.42 Å². The van der Waals surface area contributed by atoms with E-state index in [0.717, 1.165) is 5.56 Å². The third-order valence-corrected chi connectivity index (χ3v) is 4.93. The van der Waals surface area contributed by atoms with E-state index in [1.165, 1.54) is 22.8 Å². The van der Waals surface area contributed by atoms with Crippen LogP contribution in [0.4, 0.5) is 10.2 Å².